The van der Waals surface area contributed by atoms with Gasteiger partial charge < -0.3 is 10.2 Å². The molecule has 2 aromatic rings. The number of carbonyl (C=O) groups excluding carboxylic acids is 2. The van der Waals surface area contributed by atoms with E-state index in [-0.39, 0.29) is 17.6 Å². The minimum absolute atomic E-state index is 0.114. The molecule has 0 saturated carbocycles. The molecule has 1 N–H and O–H groups in total. The van der Waals surface area contributed by atoms with Gasteiger partial charge in [-0.05, 0) is 47.4 Å². The molecule has 5 heteroatoms. The molecule has 4 rings (SSSR count). The first-order valence-corrected chi connectivity index (χ1v) is 7.60. The number of amides is 2. The lowest BCUT2D eigenvalue weighted by molar-refractivity contribution is -0.117. The molecule has 0 aliphatic carbocycles. The van der Waals surface area contributed by atoms with Crippen molar-refractivity contribution in [2.45, 2.75) is 19.4 Å². The molecule has 0 spiro atoms. The number of hydrogen-bond acceptors (Lipinski definition) is 2. The lowest BCUT2D eigenvalue weighted by atomic mass is 10.0. The number of halogens is 1. The van der Waals surface area contributed by atoms with Crippen molar-refractivity contribution in [2.24, 2.45) is 0 Å². The summed E-state index contributed by atoms with van der Waals surface area (Å²) < 4.78 is 12.9. The van der Waals surface area contributed by atoms with E-state index in [1.165, 1.54) is 12.1 Å². The molecule has 4 nitrogen and oxygen atoms in total. The number of benzene rings is 2. The van der Waals surface area contributed by atoms with Gasteiger partial charge in [0.1, 0.15) is 5.82 Å². The maximum atomic E-state index is 12.9. The molecule has 2 aliphatic heterocycles. The molecule has 2 amide bonds. The Morgan fingerprint density at radius 2 is 1.91 bits per heavy atom. The molecule has 2 heterocycles. The normalized spacial score (nSPS) is 15.0. The Morgan fingerprint density at radius 1 is 1.17 bits per heavy atom. The smallest absolute Gasteiger partial charge is 0.251 e. The Kier molecular flexibility index (Phi) is 3.15. The molecule has 0 unspecified atom stereocenters. The van der Waals surface area contributed by atoms with Crippen molar-refractivity contribution in [1.82, 2.24) is 5.32 Å². The number of rotatable bonds is 3. The average molecular weight is 310 g/mol. The maximum absolute atomic E-state index is 12.9. The van der Waals surface area contributed by atoms with E-state index in [4.69, 9.17) is 0 Å². The van der Waals surface area contributed by atoms with Crippen LogP contribution >= 0.6 is 0 Å². The van der Waals surface area contributed by atoms with Crippen LogP contribution in [-0.2, 0) is 24.2 Å². The molecule has 23 heavy (non-hydrogen) atoms. The first kappa shape index (κ1) is 13.9. The van der Waals surface area contributed by atoms with E-state index < -0.39 is 0 Å². The summed E-state index contributed by atoms with van der Waals surface area (Å²) in [5.41, 5.74) is 4.44. The second kappa shape index (κ2) is 5.19. The fourth-order valence-corrected chi connectivity index (χ4v) is 3.30. The van der Waals surface area contributed by atoms with Crippen LogP contribution in [0.5, 0.6) is 0 Å². The zero-order valence-corrected chi connectivity index (χ0v) is 12.4. The van der Waals surface area contributed by atoms with Crippen LogP contribution < -0.4 is 10.2 Å². The quantitative estimate of drug-likeness (QED) is 0.945. The molecule has 0 radical (unpaired) electrons. The lowest BCUT2D eigenvalue weighted by Gasteiger charge is -2.10. The van der Waals surface area contributed by atoms with Gasteiger partial charge in [-0.3, -0.25) is 9.59 Å². The average Bonchev–Trinajstić information content (AvgIpc) is 3.11. The molecule has 2 aliphatic rings. The monoisotopic (exact) mass is 310 g/mol. The minimum atomic E-state index is -0.295. The number of nitrogens with one attached hydrogen (secondary N) is 1. The Balaban J connectivity index is 1.53. The van der Waals surface area contributed by atoms with Crippen LogP contribution in [0.1, 0.15) is 27.0 Å². The van der Waals surface area contributed by atoms with Crippen LogP contribution in [0.3, 0.4) is 0 Å². The Morgan fingerprint density at radius 3 is 2.70 bits per heavy atom. The van der Waals surface area contributed by atoms with Crippen molar-refractivity contribution in [3.63, 3.8) is 0 Å². The zero-order chi connectivity index (χ0) is 16.0. The predicted molar refractivity (Wildman–Crippen MR) is 83.8 cm³/mol. The van der Waals surface area contributed by atoms with E-state index in [0.717, 1.165) is 28.8 Å². The van der Waals surface area contributed by atoms with Crippen LogP contribution in [0.25, 0.3) is 0 Å². The minimum Gasteiger partial charge on any atom is -0.348 e. The molecular weight excluding hydrogens is 295 g/mol. The van der Waals surface area contributed by atoms with Crippen LogP contribution in [0.4, 0.5) is 10.1 Å². The summed E-state index contributed by atoms with van der Waals surface area (Å²) in [6.45, 7) is 1.05. The van der Waals surface area contributed by atoms with Gasteiger partial charge in [0.25, 0.3) is 5.91 Å². The lowest BCUT2D eigenvalue weighted by Crippen LogP contribution is -2.24. The standard InChI is InChI=1S/C18H15FN2O2/c19-15-3-1-11(2-4-15)10-20-18(23)14-7-12-5-6-21-16(22)9-13(8-14)17(12)21/h1-4,7-8H,5-6,9-10H2,(H,20,23). The summed E-state index contributed by atoms with van der Waals surface area (Å²) in [4.78, 5) is 26.1. The van der Waals surface area contributed by atoms with E-state index in [1.807, 2.05) is 17.0 Å². The molecule has 0 saturated heterocycles. The number of anilines is 1. The molecule has 0 fully saturated rings. The Bertz CT molecular complexity index is 815. The van der Waals surface area contributed by atoms with Crippen LogP contribution in [0, 0.1) is 5.82 Å². The number of nitrogens with zero attached hydrogens (tertiary/aromatic N) is 1. The Labute approximate surface area is 132 Å². The van der Waals surface area contributed by atoms with Crippen LogP contribution in [0.15, 0.2) is 36.4 Å². The molecule has 0 bridgehead atoms. The molecule has 0 atom stereocenters. The molecule has 116 valence electrons. The summed E-state index contributed by atoms with van der Waals surface area (Å²) in [5.74, 6) is -0.357. The van der Waals surface area contributed by atoms with Gasteiger partial charge in [-0.15, -0.1) is 0 Å². The Hall–Kier alpha value is -2.69. The number of carbonyl (C=O) groups is 2. The van der Waals surface area contributed by atoms with Gasteiger partial charge in [0.05, 0.1) is 12.1 Å². The topological polar surface area (TPSA) is 49.4 Å². The molecule has 2 aromatic carbocycles. The molecule has 0 aromatic heterocycles. The van der Waals surface area contributed by atoms with Gasteiger partial charge in [-0.25, -0.2) is 4.39 Å². The third-order valence-electron chi connectivity index (χ3n) is 4.41. The summed E-state index contributed by atoms with van der Waals surface area (Å²) in [6.07, 6.45) is 1.18. The third kappa shape index (κ3) is 2.38. The van der Waals surface area contributed by atoms with E-state index in [0.29, 0.717) is 25.1 Å². The van der Waals surface area contributed by atoms with E-state index in [1.54, 1.807) is 12.1 Å². The summed E-state index contributed by atoms with van der Waals surface area (Å²) >= 11 is 0. The molecular formula is C18H15FN2O2. The van der Waals surface area contributed by atoms with Gasteiger partial charge in [0.2, 0.25) is 5.91 Å². The largest absolute Gasteiger partial charge is 0.348 e. The van der Waals surface area contributed by atoms with Crippen molar-refractivity contribution in [3.8, 4) is 0 Å². The zero-order valence-electron chi connectivity index (χ0n) is 12.4. The number of hydrogen-bond donors (Lipinski definition) is 1. The van der Waals surface area contributed by atoms with Crippen molar-refractivity contribution < 1.29 is 14.0 Å². The van der Waals surface area contributed by atoms with Gasteiger partial charge in [0.15, 0.2) is 0 Å². The van der Waals surface area contributed by atoms with Gasteiger partial charge in [-0.2, -0.15) is 0 Å². The predicted octanol–water partition coefficient (Wildman–Crippen LogP) is 2.20. The maximum Gasteiger partial charge on any atom is 0.251 e. The van der Waals surface area contributed by atoms with Crippen LogP contribution in [-0.4, -0.2) is 18.4 Å². The van der Waals surface area contributed by atoms with Crippen molar-refractivity contribution in [3.05, 3.63) is 64.5 Å². The van der Waals surface area contributed by atoms with E-state index in [2.05, 4.69) is 5.32 Å². The summed E-state index contributed by atoms with van der Waals surface area (Å²) in [6, 6.07) is 9.72. The van der Waals surface area contributed by atoms with Crippen molar-refractivity contribution >= 4 is 17.5 Å². The van der Waals surface area contributed by atoms with Gasteiger partial charge >= 0.3 is 0 Å². The fraction of sp³-hybridized carbons (Fsp3) is 0.222. The fourth-order valence-electron chi connectivity index (χ4n) is 3.30. The van der Waals surface area contributed by atoms with Crippen molar-refractivity contribution in [1.29, 1.82) is 0 Å². The summed E-state index contributed by atoms with van der Waals surface area (Å²) in [5, 5.41) is 2.84. The van der Waals surface area contributed by atoms with Crippen LogP contribution in [0.2, 0.25) is 0 Å². The highest BCUT2D eigenvalue weighted by molar-refractivity contribution is 6.05. The first-order valence-electron chi connectivity index (χ1n) is 7.60. The second-order valence-electron chi connectivity index (χ2n) is 5.92. The van der Waals surface area contributed by atoms with Crippen molar-refractivity contribution in [2.75, 3.05) is 11.4 Å². The summed E-state index contributed by atoms with van der Waals surface area (Å²) in [7, 11) is 0. The van der Waals surface area contributed by atoms with E-state index >= 15 is 0 Å². The SMILES string of the molecule is O=C(NCc1ccc(F)cc1)c1cc2c3c(c1)CC(=O)N3CC2. The van der Waals surface area contributed by atoms with Gasteiger partial charge in [0, 0.05) is 18.7 Å². The highest BCUT2D eigenvalue weighted by Crippen LogP contribution is 2.38. The van der Waals surface area contributed by atoms with Gasteiger partial charge in [-0.1, -0.05) is 12.1 Å². The van der Waals surface area contributed by atoms with E-state index in [9.17, 15) is 14.0 Å². The highest BCUT2D eigenvalue weighted by Gasteiger charge is 2.34. The first-order chi connectivity index (χ1) is 11.1. The highest BCUT2D eigenvalue weighted by atomic mass is 19.1. The third-order valence-corrected chi connectivity index (χ3v) is 4.41. The second-order valence-corrected chi connectivity index (χ2v) is 5.92.